The molecule has 1 N–H and O–H groups in total. The molecule has 25 heavy (non-hydrogen) atoms. The first kappa shape index (κ1) is 15.7. The molecule has 1 fully saturated rings. The highest BCUT2D eigenvalue weighted by Crippen LogP contribution is 2.28. The number of nitrogens with one attached hydrogen (secondary N) is 1. The van der Waals surface area contributed by atoms with Gasteiger partial charge in [-0.1, -0.05) is 18.2 Å². The van der Waals surface area contributed by atoms with E-state index in [1.165, 1.54) is 0 Å². The van der Waals surface area contributed by atoms with Gasteiger partial charge in [0.15, 0.2) is 11.9 Å². The summed E-state index contributed by atoms with van der Waals surface area (Å²) < 4.78 is 7.37. The fourth-order valence-corrected chi connectivity index (χ4v) is 3.38. The van der Waals surface area contributed by atoms with Crippen LogP contribution in [0.25, 0.3) is 0 Å². The molecule has 3 heterocycles. The van der Waals surface area contributed by atoms with Crippen molar-refractivity contribution in [1.82, 2.24) is 15.1 Å². The van der Waals surface area contributed by atoms with E-state index in [-0.39, 0.29) is 11.8 Å². The van der Waals surface area contributed by atoms with Crippen LogP contribution in [0.15, 0.2) is 36.5 Å². The average molecular weight is 340 g/mol. The summed E-state index contributed by atoms with van der Waals surface area (Å²) in [6.07, 6.45) is 3.21. The van der Waals surface area contributed by atoms with Gasteiger partial charge in [-0.25, -0.2) is 0 Å². The largest absolute Gasteiger partial charge is 0.480 e. The molecule has 7 nitrogen and oxygen atoms in total. The van der Waals surface area contributed by atoms with E-state index in [2.05, 4.69) is 10.4 Å². The van der Waals surface area contributed by atoms with Gasteiger partial charge >= 0.3 is 0 Å². The Morgan fingerprint density at radius 2 is 2.16 bits per heavy atom. The first-order valence-electron chi connectivity index (χ1n) is 8.48. The number of carbonyl (C=O) groups is 2. The van der Waals surface area contributed by atoms with Gasteiger partial charge in [-0.05, 0) is 24.5 Å². The maximum atomic E-state index is 12.7. The molecule has 1 aromatic heterocycles. The van der Waals surface area contributed by atoms with Gasteiger partial charge in [0.1, 0.15) is 11.8 Å². The quantitative estimate of drug-likeness (QED) is 0.906. The second kappa shape index (κ2) is 6.23. The number of hydrogen-bond acceptors (Lipinski definition) is 4. The predicted octanol–water partition coefficient (Wildman–Crippen LogP) is 1.04. The number of fused-ring (bicyclic) bond motifs is 1. The van der Waals surface area contributed by atoms with Crippen LogP contribution >= 0.6 is 0 Å². The number of piperidine rings is 1. The van der Waals surface area contributed by atoms with E-state index < -0.39 is 12.1 Å². The highest BCUT2D eigenvalue weighted by Gasteiger charge is 2.35. The van der Waals surface area contributed by atoms with Crippen LogP contribution in [-0.2, 0) is 23.1 Å². The second-order valence-corrected chi connectivity index (χ2v) is 6.46. The van der Waals surface area contributed by atoms with Crippen LogP contribution in [-0.4, -0.2) is 40.3 Å². The van der Waals surface area contributed by atoms with Crippen LogP contribution in [0.3, 0.4) is 0 Å². The molecule has 130 valence electrons. The Balaban J connectivity index is 1.42. The van der Waals surface area contributed by atoms with Crippen LogP contribution in [0.4, 0.5) is 5.82 Å². The molecule has 2 aliphatic heterocycles. The lowest BCUT2D eigenvalue weighted by Crippen LogP contribution is -2.54. The summed E-state index contributed by atoms with van der Waals surface area (Å²) in [7, 11) is 1.81. The number of benzene rings is 1. The molecular weight excluding hydrogens is 320 g/mol. The van der Waals surface area contributed by atoms with Gasteiger partial charge < -0.3 is 10.1 Å². The molecule has 0 bridgehead atoms. The van der Waals surface area contributed by atoms with Gasteiger partial charge in [0.2, 0.25) is 0 Å². The van der Waals surface area contributed by atoms with Crippen LogP contribution < -0.4 is 15.0 Å². The first-order chi connectivity index (χ1) is 12.1. The monoisotopic (exact) mass is 340 g/mol. The van der Waals surface area contributed by atoms with Crippen molar-refractivity contribution in [2.24, 2.45) is 7.05 Å². The molecule has 0 aliphatic carbocycles. The van der Waals surface area contributed by atoms with E-state index in [0.29, 0.717) is 25.2 Å². The van der Waals surface area contributed by atoms with Gasteiger partial charge in [-0.2, -0.15) is 5.10 Å². The van der Waals surface area contributed by atoms with E-state index in [4.69, 9.17) is 4.74 Å². The average Bonchev–Trinajstić information content (AvgIpc) is 3.23. The summed E-state index contributed by atoms with van der Waals surface area (Å²) in [5, 5.41) is 7.15. The maximum absolute atomic E-state index is 12.7. The van der Waals surface area contributed by atoms with E-state index in [1.807, 2.05) is 31.3 Å². The van der Waals surface area contributed by atoms with Gasteiger partial charge in [0, 0.05) is 32.3 Å². The van der Waals surface area contributed by atoms with Gasteiger partial charge in [0.25, 0.3) is 11.8 Å². The Kier molecular flexibility index (Phi) is 3.91. The van der Waals surface area contributed by atoms with Gasteiger partial charge in [0.05, 0.1) is 0 Å². The molecule has 4 rings (SSSR count). The Labute approximate surface area is 145 Å². The van der Waals surface area contributed by atoms with Crippen molar-refractivity contribution in [3.63, 3.8) is 0 Å². The van der Waals surface area contributed by atoms with Crippen LogP contribution in [0.2, 0.25) is 0 Å². The number of para-hydroxylation sites is 1. The highest BCUT2D eigenvalue weighted by molar-refractivity contribution is 5.99. The number of amides is 2. The zero-order chi connectivity index (χ0) is 17.4. The summed E-state index contributed by atoms with van der Waals surface area (Å²) in [6.45, 7) is 0.619. The fraction of sp³-hybridized carbons (Fsp3) is 0.389. The van der Waals surface area contributed by atoms with Crippen molar-refractivity contribution in [3.05, 3.63) is 42.1 Å². The van der Waals surface area contributed by atoms with Crippen LogP contribution in [0.5, 0.6) is 5.75 Å². The first-order valence-corrected chi connectivity index (χ1v) is 8.48. The summed E-state index contributed by atoms with van der Waals surface area (Å²) in [6, 6.07) is 8.90. The molecule has 2 aliphatic rings. The number of aromatic nitrogens is 2. The van der Waals surface area contributed by atoms with Crippen LogP contribution in [0, 0.1) is 0 Å². The number of nitrogens with zero attached hydrogens (tertiary/aromatic N) is 3. The lowest BCUT2D eigenvalue weighted by Gasteiger charge is -2.31. The van der Waals surface area contributed by atoms with Crippen molar-refractivity contribution in [2.75, 3.05) is 11.4 Å². The van der Waals surface area contributed by atoms with E-state index in [9.17, 15) is 9.59 Å². The van der Waals surface area contributed by atoms with Crippen molar-refractivity contribution in [2.45, 2.75) is 31.4 Å². The van der Waals surface area contributed by atoms with Crippen molar-refractivity contribution >= 4 is 17.6 Å². The van der Waals surface area contributed by atoms with Gasteiger partial charge in [-0.3, -0.25) is 19.2 Å². The Morgan fingerprint density at radius 1 is 1.32 bits per heavy atom. The normalized spacial score (nSPS) is 22.4. The molecule has 1 aromatic carbocycles. The van der Waals surface area contributed by atoms with E-state index in [0.717, 1.165) is 17.7 Å². The molecule has 2 amide bonds. The Bertz CT molecular complexity index is 791. The van der Waals surface area contributed by atoms with Crippen molar-refractivity contribution < 1.29 is 14.3 Å². The lowest BCUT2D eigenvalue weighted by atomic mass is 10.0. The molecular formula is C18H20N4O3. The molecule has 2 aromatic rings. The van der Waals surface area contributed by atoms with E-state index >= 15 is 0 Å². The topological polar surface area (TPSA) is 76.5 Å². The standard InChI is InChI=1S/C18H20N4O3/c1-21-10-8-16(20-21)22-9-4-6-13(18(22)24)19-17(23)15-11-12-5-2-3-7-14(12)25-15/h2-3,5,7-8,10,13,15H,4,6,9,11H2,1H3,(H,19,23)/t13-,15+/m1/s1. The summed E-state index contributed by atoms with van der Waals surface area (Å²) >= 11 is 0. The molecule has 0 radical (unpaired) electrons. The number of anilines is 1. The van der Waals surface area contributed by atoms with Crippen molar-refractivity contribution in [3.8, 4) is 5.75 Å². The third kappa shape index (κ3) is 2.97. The number of ether oxygens (including phenoxy) is 1. The number of aryl methyl sites for hydroxylation is 1. The number of rotatable bonds is 3. The summed E-state index contributed by atoms with van der Waals surface area (Å²) in [4.78, 5) is 26.9. The molecule has 0 unspecified atom stereocenters. The SMILES string of the molecule is Cn1ccc(N2CCC[C@@H](NC(=O)[C@@H]3Cc4ccccc4O3)C2=O)n1. The minimum absolute atomic E-state index is 0.117. The minimum atomic E-state index is -0.574. The van der Waals surface area contributed by atoms with Crippen molar-refractivity contribution in [1.29, 1.82) is 0 Å². The number of carbonyl (C=O) groups excluding carboxylic acids is 2. The highest BCUT2D eigenvalue weighted by atomic mass is 16.5. The van der Waals surface area contributed by atoms with Gasteiger partial charge in [-0.15, -0.1) is 0 Å². The molecule has 7 heteroatoms. The third-order valence-corrected chi connectivity index (χ3v) is 4.67. The zero-order valence-corrected chi connectivity index (χ0v) is 14.0. The third-order valence-electron chi connectivity index (χ3n) is 4.67. The lowest BCUT2D eigenvalue weighted by molar-refractivity contribution is -0.132. The smallest absolute Gasteiger partial charge is 0.262 e. The Hall–Kier alpha value is -2.83. The fourth-order valence-electron chi connectivity index (χ4n) is 3.38. The summed E-state index contributed by atoms with van der Waals surface area (Å²) in [5.74, 6) is 1.01. The van der Waals surface area contributed by atoms with Crippen LogP contribution in [0.1, 0.15) is 18.4 Å². The molecule has 2 atom stereocenters. The number of hydrogen-bond donors (Lipinski definition) is 1. The zero-order valence-electron chi connectivity index (χ0n) is 14.0. The summed E-state index contributed by atoms with van der Waals surface area (Å²) in [5.41, 5.74) is 1.02. The van der Waals surface area contributed by atoms with E-state index in [1.54, 1.807) is 21.8 Å². The minimum Gasteiger partial charge on any atom is -0.480 e. The molecule has 0 spiro atoms. The molecule has 0 saturated carbocycles. The second-order valence-electron chi connectivity index (χ2n) is 6.46. The predicted molar refractivity (Wildman–Crippen MR) is 91.3 cm³/mol. The Morgan fingerprint density at radius 3 is 2.92 bits per heavy atom. The molecule has 1 saturated heterocycles. The maximum Gasteiger partial charge on any atom is 0.262 e.